The molecule has 0 aliphatic rings. The largest absolute Gasteiger partial charge is 0.468 e. The zero-order valence-corrected chi connectivity index (χ0v) is 8.64. The van der Waals surface area contributed by atoms with Crippen molar-refractivity contribution in [3.8, 4) is 11.3 Å². The highest BCUT2D eigenvalue weighted by atomic mass is 19.4. The standard InChI is InChI=1S/C10H5F3N2O3/c11-10(12,13)9-14-8(5-18-9)6-1-3-7(4-2-6)15(16)17/h1-5H. The lowest BCUT2D eigenvalue weighted by Gasteiger charge is -1.98. The van der Waals surface area contributed by atoms with Crippen molar-refractivity contribution < 1.29 is 22.5 Å². The number of oxazole rings is 1. The van der Waals surface area contributed by atoms with Crippen molar-refractivity contribution in [1.82, 2.24) is 4.98 Å². The van der Waals surface area contributed by atoms with Gasteiger partial charge in [-0.2, -0.15) is 13.2 Å². The third kappa shape index (κ3) is 2.31. The minimum atomic E-state index is -4.65. The third-order valence-electron chi connectivity index (χ3n) is 2.12. The quantitative estimate of drug-likeness (QED) is 0.612. The maximum Gasteiger partial charge on any atom is 0.468 e. The minimum absolute atomic E-state index is 0.0303. The summed E-state index contributed by atoms with van der Waals surface area (Å²) in [4.78, 5) is 13.1. The van der Waals surface area contributed by atoms with Crippen LogP contribution in [-0.2, 0) is 6.18 Å². The number of hydrogen-bond acceptors (Lipinski definition) is 4. The van der Waals surface area contributed by atoms with Gasteiger partial charge in [0.15, 0.2) is 0 Å². The van der Waals surface area contributed by atoms with Crippen LogP contribution >= 0.6 is 0 Å². The number of aromatic nitrogens is 1. The van der Waals surface area contributed by atoms with Crippen molar-refractivity contribution in [3.05, 3.63) is 46.5 Å². The molecule has 1 aromatic heterocycles. The van der Waals surface area contributed by atoms with Gasteiger partial charge in [0.25, 0.3) is 5.69 Å². The summed E-state index contributed by atoms with van der Waals surface area (Å²) < 4.78 is 41.0. The van der Waals surface area contributed by atoms with E-state index in [1.165, 1.54) is 24.3 Å². The summed E-state index contributed by atoms with van der Waals surface area (Å²) in [5, 5.41) is 10.4. The van der Waals surface area contributed by atoms with Gasteiger partial charge in [-0.15, -0.1) is 0 Å². The Morgan fingerprint density at radius 2 is 1.83 bits per heavy atom. The van der Waals surface area contributed by atoms with Crippen molar-refractivity contribution in [2.45, 2.75) is 6.18 Å². The first-order valence-electron chi connectivity index (χ1n) is 4.65. The Balaban J connectivity index is 2.32. The highest BCUT2D eigenvalue weighted by Crippen LogP contribution is 2.31. The molecule has 0 saturated carbocycles. The molecule has 2 aromatic rings. The molecule has 0 aliphatic carbocycles. The summed E-state index contributed by atoms with van der Waals surface area (Å²) in [7, 11) is 0. The molecule has 0 spiro atoms. The minimum Gasteiger partial charge on any atom is -0.441 e. The van der Waals surface area contributed by atoms with Crippen LogP contribution in [0.5, 0.6) is 0 Å². The lowest BCUT2D eigenvalue weighted by Crippen LogP contribution is -2.04. The van der Waals surface area contributed by atoms with E-state index in [-0.39, 0.29) is 11.4 Å². The molecule has 0 atom stereocenters. The van der Waals surface area contributed by atoms with Gasteiger partial charge in [-0.25, -0.2) is 4.98 Å². The molecule has 0 unspecified atom stereocenters. The normalized spacial score (nSPS) is 11.5. The van der Waals surface area contributed by atoms with Gasteiger partial charge in [0.05, 0.1) is 4.92 Å². The van der Waals surface area contributed by atoms with Crippen LogP contribution in [0.25, 0.3) is 11.3 Å². The number of alkyl halides is 3. The number of nitrogens with zero attached hydrogens (tertiary/aromatic N) is 2. The van der Waals surface area contributed by atoms with Gasteiger partial charge >= 0.3 is 12.1 Å². The fraction of sp³-hybridized carbons (Fsp3) is 0.100. The number of rotatable bonds is 2. The molecule has 0 bridgehead atoms. The van der Waals surface area contributed by atoms with E-state index in [1.54, 1.807) is 0 Å². The molecule has 1 aromatic carbocycles. The smallest absolute Gasteiger partial charge is 0.441 e. The Morgan fingerprint density at radius 3 is 2.28 bits per heavy atom. The highest BCUT2D eigenvalue weighted by Gasteiger charge is 2.37. The zero-order chi connectivity index (χ0) is 13.3. The molecule has 2 rings (SSSR count). The van der Waals surface area contributed by atoms with Crippen molar-refractivity contribution in [3.63, 3.8) is 0 Å². The molecule has 0 fully saturated rings. The van der Waals surface area contributed by atoms with Crippen LogP contribution in [0.4, 0.5) is 18.9 Å². The molecule has 0 aliphatic heterocycles. The van der Waals surface area contributed by atoms with E-state index >= 15 is 0 Å². The number of non-ortho nitro benzene ring substituents is 1. The van der Waals surface area contributed by atoms with E-state index in [1.807, 2.05) is 0 Å². The summed E-state index contributed by atoms with van der Waals surface area (Å²) in [6, 6.07) is 4.96. The third-order valence-corrected chi connectivity index (χ3v) is 2.12. The summed E-state index contributed by atoms with van der Waals surface area (Å²) in [5.41, 5.74) is 0.121. The van der Waals surface area contributed by atoms with E-state index in [4.69, 9.17) is 0 Å². The van der Waals surface area contributed by atoms with Gasteiger partial charge in [0.1, 0.15) is 12.0 Å². The molecule has 0 amide bonds. The predicted molar refractivity (Wildman–Crippen MR) is 53.6 cm³/mol. The van der Waals surface area contributed by atoms with Crippen molar-refractivity contribution in [2.24, 2.45) is 0 Å². The first-order chi connectivity index (χ1) is 8.38. The average molecular weight is 258 g/mol. The van der Waals surface area contributed by atoms with Gasteiger partial charge < -0.3 is 4.42 Å². The first kappa shape index (κ1) is 12.1. The summed E-state index contributed by atoms with van der Waals surface area (Å²) >= 11 is 0. The fourth-order valence-electron chi connectivity index (χ4n) is 1.29. The second-order valence-corrected chi connectivity index (χ2v) is 3.34. The number of hydrogen-bond donors (Lipinski definition) is 0. The Kier molecular flexibility index (Phi) is 2.77. The molecule has 0 N–H and O–H groups in total. The molecular formula is C10H5F3N2O3. The zero-order valence-electron chi connectivity index (χ0n) is 8.64. The van der Waals surface area contributed by atoms with Crippen LogP contribution in [0, 0.1) is 10.1 Å². The number of halogens is 3. The van der Waals surface area contributed by atoms with Crippen LogP contribution in [0.2, 0.25) is 0 Å². The molecule has 18 heavy (non-hydrogen) atoms. The first-order valence-corrected chi connectivity index (χ1v) is 4.65. The Bertz CT molecular complexity index is 575. The van der Waals surface area contributed by atoms with Crippen molar-refractivity contribution in [2.75, 3.05) is 0 Å². The maximum atomic E-state index is 12.2. The topological polar surface area (TPSA) is 69.2 Å². The fourth-order valence-corrected chi connectivity index (χ4v) is 1.29. The number of nitro benzene ring substituents is 1. The molecule has 8 heteroatoms. The molecule has 5 nitrogen and oxygen atoms in total. The highest BCUT2D eigenvalue weighted by molar-refractivity contribution is 5.59. The Morgan fingerprint density at radius 1 is 1.22 bits per heavy atom. The molecule has 0 radical (unpaired) electrons. The van der Waals surface area contributed by atoms with E-state index in [9.17, 15) is 23.3 Å². The van der Waals surface area contributed by atoms with Gasteiger partial charge in [-0.3, -0.25) is 10.1 Å². The predicted octanol–water partition coefficient (Wildman–Crippen LogP) is 3.27. The molecule has 0 saturated heterocycles. The summed E-state index contributed by atoms with van der Waals surface area (Å²) in [6.07, 6.45) is -3.80. The molecule has 1 heterocycles. The summed E-state index contributed by atoms with van der Waals surface area (Å²) in [5.74, 6) is -1.35. The van der Waals surface area contributed by atoms with E-state index in [0.717, 1.165) is 6.26 Å². The lowest BCUT2D eigenvalue weighted by molar-refractivity contribution is -0.384. The van der Waals surface area contributed by atoms with E-state index in [2.05, 4.69) is 9.40 Å². The van der Waals surface area contributed by atoms with E-state index in [0.29, 0.717) is 5.56 Å². The van der Waals surface area contributed by atoms with E-state index < -0.39 is 17.0 Å². The Labute approximate surface area is 98.0 Å². The van der Waals surface area contributed by atoms with Gasteiger partial charge in [0, 0.05) is 17.7 Å². The van der Waals surface area contributed by atoms with Crippen molar-refractivity contribution >= 4 is 5.69 Å². The summed E-state index contributed by atoms with van der Waals surface area (Å²) in [6.45, 7) is 0. The van der Waals surface area contributed by atoms with Crippen molar-refractivity contribution in [1.29, 1.82) is 0 Å². The monoisotopic (exact) mass is 258 g/mol. The number of nitro groups is 1. The van der Waals surface area contributed by atoms with Crippen LogP contribution in [0.15, 0.2) is 34.9 Å². The SMILES string of the molecule is O=[N+]([O-])c1ccc(-c2coc(C(F)(F)F)n2)cc1. The van der Waals surface area contributed by atoms with Gasteiger partial charge in [-0.1, -0.05) is 0 Å². The van der Waals surface area contributed by atoms with Crippen LogP contribution in [0.1, 0.15) is 5.89 Å². The molecular weight excluding hydrogens is 253 g/mol. The Hall–Kier alpha value is -2.38. The van der Waals surface area contributed by atoms with Crippen LogP contribution in [0.3, 0.4) is 0 Å². The number of benzene rings is 1. The van der Waals surface area contributed by atoms with Crippen LogP contribution in [-0.4, -0.2) is 9.91 Å². The van der Waals surface area contributed by atoms with Gasteiger partial charge in [0.2, 0.25) is 0 Å². The lowest BCUT2D eigenvalue weighted by atomic mass is 10.1. The average Bonchev–Trinajstić information content (AvgIpc) is 2.78. The second-order valence-electron chi connectivity index (χ2n) is 3.34. The molecule has 94 valence electrons. The van der Waals surface area contributed by atoms with Crippen LogP contribution < -0.4 is 0 Å². The second kappa shape index (κ2) is 4.13. The van der Waals surface area contributed by atoms with Gasteiger partial charge in [-0.05, 0) is 12.1 Å². The maximum absolute atomic E-state index is 12.2.